The Morgan fingerprint density at radius 2 is 2.14 bits per heavy atom. The van der Waals surface area contributed by atoms with Gasteiger partial charge < -0.3 is 21.1 Å². The molecule has 4 N–H and O–H groups in total. The van der Waals surface area contributed by atoms with Crippen molar-refractivity contribution in [1.29, 1.82) is 0 Å². The lowest BCUT2D eigenvalue weighted by Crippen LogP contribution is -2.50. The van der Waals surface area contributed by atoms with Crippen LogP contribution in [0.3, 0.4) is 0 Å². The topological polar surface area (TPSA) is 116 Å². The molecule has 2 atom stereocenters. The van der Waals surface area contributed by atoms with E-state index in [1.54, 1.807) is 7.05 Å². The van der Waals surface area contributed by atoms with E-state index < -0.39 is 30.4 Å². The largest absolute Gasteiger partial charge is 0.480 e. The Bertz CT molecular complexity index is 402. The average molecular weight is 300 g/mol. The van der Waals surface area contributed by atoms with Crippen molar-refractivity contribution in [1.82, 2.24) is 15.1 Å². The van der Waals surface area contributed by atoms with Crippen LogP contribution in [0, 0.1) is 0 Å². The van der Waals surface area contributed by atoms with Gasteiger partial charge >= 0.3 is 12.0 Å². The predicted molar refractivity (Wildman–Crippen MR) is 76.7 cm³/mol. The van der Waals surface area contributed by atoms with E-state index in [0.29, 0.717) is 12.6 Å². The van der Waals surface area contributed by atoms with Crippen LogP contribution in [0.5, 0.6) is 0 Å². The molecule has 1 aliphatic rings. The number of likely N-dealkylation sites (N-methyl/N-ethyl adjacent to an activating group) is 2. The molecule has 0 aromatic rings. The molecule has 3 amide bonds. The molecule has 120 valence electrons. The zero-order valence-electron chi connectivity index (χ0n) is 12.5. The van der Waals surface area contributed by atoms with Crippen LogP contribution in [-0.2, 0) is 9.59 Å². The Morgan fingerprint density at radius 1 is 1.48 bits per heavy atom. The molecule has 0 spiro atoms. The first-order valence-electron chi connectivity index (χ1n) is 7.12. The number of carbonyl (C=O) groups is 3. The molecule has 0 saturated carbocycles. The van der Waals surface area contributed by atoms with E-state index in [4.69, 9.17) is 10.8 Å². The third kappa shape index (κ3) is 5.22. The highest BCUT2D eigenvalue weighted by molar-refractivity contribution is 5.87. The minimum Gasteiger partial charge on any atom is -0.480 e. The number of nitrogens with one attached hydrogen (secondary N) is 1. The SMILES string of the molecule is CCN1CCCC1CN(C)C(=O)N[C@H](CC(N)=O)C(=O)O. The summed E-state index contributed by atoms with van der Waals surface area (Å²) >= 11 is 0. The van der Waals surface area contributed by atoms with Gasteiger partial charge in [0.25, 0.3) is 0 Å². The summed E-state index contributed by atoms with van der Waals surface area (Å²) in [5.41, 5.74) is 4.98. The second-order valence-electron chi connectivity index (χ2n) is 5.32. The number of carbonyl (C=O) groups excluding carboxylic acids is 2. The summed E-state index contributed by atoms with van der Waals surface area (Å²) in [5.74, 6) is -2.04. The highest BCUT2D eigenvalue weighted by Gasteiger charge is 2.28. The maximum Gasteiger partial charge on any atom is 0.326 e. The number of nitrogens with two attached hydrogens (primary N) is 1. The highest BCUT2D eigenvalue weighted by Crippen LogP contribution is 2.17. The molecule has 0 aromatic heterocycles. The maximum atomic E-state index is 12.0. The van der Waals surface area contributed by atoms with Crippen LogP contribution in [0.15, 0.2) is 0 Å². The summed E-state index contributed by atoms with van der Waals surface area (Å²) in [6.45, 7) is 4.56. The standard InChI is InChI=1S/C13H24N4O4/c1-3-17-6-4-5-9(17)8-16(2)13(21)15-10(12(19)20)7-11(14)18/h9-10H,3-8H2,1-2H3,(H2,14,18)(H,15,21)(H,19,20)/t9?,10-/m1/s1. The maximum absolute atomic E-state index is 12.0. The van der Waals surface area contributed by atoms with Crippen molar-refractivity contribution in [2.45, 2.75) is 38.3 Å². The molecule has 8 heteroatoms. The van der Waals surface area contributed by atoms with Crippen molar-refractivity contribution in [3.05, 3.63) is 0 Å². The lowest BCUT2D eigenvalue weighted by atomic mass is 10.2. The molecule has 1 aliphatic heterocycles. The fourth-order valence-corrected chi connectivity index (χ4v) is 2.58. The molecule has 1 rings (SSSR count). The second-order valence-corrected chi connectivity index (χ2v) is 5.32. The van der Waals surface area contributed by atoms with Gasteiger partial charge in [-0.2, -0.15) is 0 Å². The number of amides is 3. The van der Waals surface area contributed by atoms with E-state index in [9.17, 15) is 14.4 Å². The van der Waals surface area contributed by atoms with Gasteiger partial charge in [0.15, 0.2) is 0 Å². The number of rotatable bonds is 7. The van der Waals surface area contributed by atoms with Gasteiger partial charge in [0.2, 0.25) is 5.91 Å². The number of nitrogens with zero attached hydrogens (tertiary/aromatic N) is 2. The van der Waals surface area contributed by atoms with E-state index in [2.05, 4.69) is 17.1 Å². The van der Waals surface area contributed by atoms with Gasteiger partial charge in [0, 0.05) is 19.6 Å². The Kier molecular flexibility index (Phi) is 6.41. The zero-order chi connectivity index (χ0) is 16.0. The fraction of sp³-hybridized carbons (Fsp3) is 0.769. The normalized spacial score (nSPS) is 20.0. The first kappa shape index (κ1) is 17.2. The number of hydrogen-bond acceptors (Lipinski definition) is 4. The van der Waals surface area contributed by atoms with Gasteiger partial charge in [-0.15, -0.1) is 0 Å². The van der Waals surface area contributed by atoms with Crippen molar-refractivity contribution in [2.24, 2.45) is 5.73 Å². The van der Waals surface area contributed by atoms with E-state index in [1.807, 2.05) is 0 Å². The zero-order valence-corrected chi connectivity index (χ0v) is 12.5. The van der Waals surface area contributed by atoms with Crippen molar-refractivity contribution in [2.75, 3.05) is 26.7 Å². The minimum absolute atomic E-state index is 0.296. The number of urea groups is 1. The number of carboxylic acids is 1. The van der Waals surface area contributed by atoms with Gasteiger partial charge in [0.1, 0.15) is 6.04 Å². The van der Waals surface area contributed by atoms with E-state index in [1.165, 1.54) is 4.90 Å². The summed E-state index contributed by atoms with van der Waals surface area (Å²) in [4.78, 5) is 37.6. The summed E-state index contributed by atoms with van der Waals surface area (Å²) < 4.78 is 0. The van der Waals surface area contributed by atoms with Gasteiger partial charge in [-0.1, -0.05) is 6.92 Å². The van der Waals surface area contributed by atoms with E-state index in [-0.39, 0.29) is 0 Å². The van der Waals surface area contributed by atoms with Gasteiger partial charge in [-0.3, -0.25) is 9.69 Å². The Labute approximate surface area is 124 Å². The first-order valence-corrected chi connectivity index (χ1v) is 7.12. The van der Waals surface area contributed by atoms with Crippen LogP contribution in [0.25, 0.3) is 0 Å². The number of aliphatic carboxylic acids is 1. The van der Waals surface area contributed by atoms with Gasteiger partial charge in [-0.05, 0) is 25.9 Å². The number of carboxylic acid groups (broad SMARTS) is 1. The van der Waals surface area contributed by atoms with Crippen molar-refractivity contribution >= 4 is 17.9 Å². The lowest BCUT2D eigenvalue weighted by Gasteiger charge is -2.28. The molecule has 0 bridgehead atoms. The average Bonchev–Trinajstić information content (AvgIpc) is 2.84. The second kappa shape index (κ2) is 7.82. The van der Waals surface area contributed by atoms with Crippen LogP contribution in [-0.4, -0.2) is 71.6 Å². The Hall–Kier alpha value is -1.83. The summed E-state index contributed by atoms with van der Waals surface area (Å²) in [6.07, 6.45) is 1.71. The van der Waals surface area contributed by atoms with Crippen LogP contribution in [0.1, 0.15) is 26.2 Å². The molecule has 1 unspecified atom stereocenters. The molecular formula is C13H24N4O4. The third-order valence-corrected chi connectivity index (χ3v) is 3.74. The summed E-state index contributed by atoms with van der Waals surface area (Å²) in [7, 11) is 1.62. The highest BCUT2D eigenvalue weighted by atomic mass is 16.4. The molecule has 0 aliphatic carbocycles. The molecule has 21 heavy (non-hydrogen) atoms. The van der Waals surface area contributed by atoms with Crippen molar-refractivity contribution in [3.8, 4) is 0 Å². The number of likely N-dealkylation sites (tertiary alicyclic amines) is 1. The Morgan fingerprint density at radius 3 is 2.67 bits per heavy atom. The minimum atomic E-state index is -1.29. The lowest BCUT2D eigenvalue weighted by molar-refractivity contribution is -0.140. The quantitative estimate of drug-likeness (QED) is 0.583. The summed E-state index contributed by atoms with van der Waals surface area (Å²) in [6, 6.07) is -1.50. The Balaban J connectivity index is 2.52. The van der Waals surface area contributed by atoms with Gasteiger partial charge in [-0.25, -0.2) is 9.59 Å². The van der Waals surface area contributed by atoms with E-state index in [0.717, 1.165) is 25.9 Å². The van der Waals surface area contributed by atoms with Crippen LogP contribution >= 0.6 is 0 Å². The van der Waals surface area contributed by atoms with Crippen LogP contribution < -0.4 is 11.1 Å². The van der Waals surface area contributed by atoms with Gasteiger partial charge in [0.05, 0.1) is 6.42 Å². The molecule has 0 radical (unpaired) electrons. The first-order chi connectivity index (χ1) is 9.85. The molecule has 1 heterocycles. The molecule has 1 saturated heterocycles. The van der Waals surface area contributed by atoms with E-state index >= 15 is 0 Å². The van der Waals surface area contributed by atoms with Crippen LogP contribution in [0.2, 0.25) is 0 Å². The number of primary amides is 1. The monoisotopic (exact) mass is 300 g/mol. The number of hydrogen-bond donors (Lipinski definition) is 3. The van der Waals surface area contributed by atoms with Crippen molar-refractivity contribution in [3.63, 3.8) is 0 Å². The smallest absolute Gasteiger partial charge is 0.326 e. The summed E-state index contributed by atoms with van der Waals surface area (Å²) in [5, 5.41) is 11.3. The molecular weight excluding hydrogens is 276 g/mol. The molecule has 0 aromatic carbocycles. The molecule has 1 fully saturated rings. The molecule has 8 nitrogen and oxygen atoms in total. The third-order valence-electron chi connectivity index (χ3n) is 3.74. The fourth-order valence-electron chi connectivity index (χ4n) is 2.58. The van der Waals surface area contributed by atoms with Crippen molar-refractivity contribution < 1.29 is 19.5 Å². The van der Waals surface area contributed by atoms with Crippen LogP contribution in [0.4, 0.5) is 4.79 Å². The predicted octanol–water partition coefficient (Wildman–Crippen LogP) is -0.559.